The maximum Gasteiger partial charge on any atom is 0.119 e. The van der Waals surface area contributed by atoms with Gasteiger partial charge in [0, 0.05) is 18.3 Å². The SMILES string of the molecule is CC(C)Oc1ccc(NC2CCOC3(CCC3)C2)cc1. The molecule has 20 heavy (non-hydrogen) atoms. The average molecular weight is 275 g/mol. The molecule has 1 heterocycles. The van der Waals surface area contributed by atoms with Gasteiger partial charge in [0.05, 0.1) is 11.7 Å². The van der Waals surface area contributed by atoms with Gasteiger partial charge in [-0.15, -0.1) is 0 Å². The second-order valence-corrected chi connectivity index (χ2v) is 6.41. The topological polar surface area (TPSA) is 30.5 Å². The monoisotopic (exact) mass is 275 g/mol. The summed E-state index contributed by atoms with van der Waals surface area (Å²) in [5, 5.41) is 3.65. The first-order valence-electron chi connectivity index (χ1n) is 7.82. The number of ether oxygens (including phenoxy) is 2. The smallest absolute Gasteiger partial charge is 0.119 e. The summed E-state index contributed by atoms with van der Waals surface area (Å²) in [5.74, 6) is 0.938. The fourth-order valence-electron chi connectivity index (χ4n) is 3.21. The van der Waals surface area contributed by atoms with E-state index in [1.165, 1.54) is 24.9 Å². The van der Waals surface area contributed by atoms with Crippen LogP contribution in [0, 0.1) is 0 Å². The lowest BCUT2D eigenvalue weighted by molar-refractivity contribution is -0.130. The summed E-state index contributed by atoms with van der Waals surface area (Å²) in [6.45, 7) is 4.99. The van der Waals surface area contributed by atoms with Crippen LogP contribution in [0.5, 0.6) is 5.75 Å². The number of hydrogen-bond acceptors (Lipinski definition) is 3. The predicted octanol–water partition coefficient (Wildman–Crippen LogP) is 3.99. The number of nitrogens with one attached hydrogen (secondary N) is 1. The van der Waals surface area contributed by atoms with E-state index < -0.39 is 0 Å². The summed E-state index contributed by atoms with van der Waals surface area (Å²) >= 11 is 0. The normalized spacial score (nSPS) is 24.4. The number of anilines is 1. The lowest BCUT2D eigenvalue weighted by Crippen LogP contribution is -2.48. The lowest BCUT2D eigenvalue weighted by atomic mass is 9.74. The van der Waals surface area contributed by atoms with Crippen molar-refractivity contribution in [2.24, 2.45) is 0 Å². The van der Waals surface area contributed by atoms with Crippen molar-refractivity contribution in [2.75, 3.05) is 11.9 Å². The highest BCUT2D eigenvalue weighted by atomic mass is 16.5. The molecule has 0 aromatic heterocycles. The maximum absolute atomic E-state index is 5.97. The van der Waals surface area contributed by atoms with Crippen LogP contribution in [-0.2, 0) is 4.74 Å². The molecule has 1 aliphatic carbocycles. The average Bonchev–Trinajstić information content (AvgIpc) is 2.39. The second kappa shape index (κ2) is 5.65. The molecule has 1 aromatic rings. The van der Waals surface area contributed by atoms with Gasteiger partial charge in [-0.05, 0) is 70.2 Å². The van der Waals surface area contributed by atoms with E-state index in [1.54, 1.807) is 0 Å². The Hall–Kier alpha value is -1.22. The summed E-state index contributed by atoms with van der Waals surface area (Å²) in [5.41, 5.74) is 1.39. The molecule has 3 heteroatoms. The summed E-state index contributed by atoms with van der Waals surface area (Å²) in [7, 11) is 0. The van der Waals surface area contributed by atoms with E-state index in [0.29, 0.717) is 6.04 Å². The third-order valence-corrected chi connectivity index (χ3v) is 4.35. The van der Waals surface area contributed by atoms with E-state index in [0.717, 1.165) is 25.2 Å². The van der Waals surface area contributed by atoms with Crippen molar-refractivity contribution in [2.45, 2.75) is 63.7 Å². The van der Waals surface area contributed by atoms with Crippen molar-refractivity contribution >= 4 is 5.69 Å². The molecule has 0 bridgehead atoms. The number of hydrogen-bond donors (Lipinski definition) is 1. The highest BCUT2D eigenvalue weighted by Crippen LogP contribution is 2.42. The second-order valence-electron chi connectivity index (χ2n) is 6.41. The first kappa shape index (κ1) is 13.7. The summed E-state index contributed by atoms with van der Waals surface area (Å²) in [6.07, 6.45) is 6.29. The first-order chi connectivity index (χ1) is 9.65. The fourth-order valence-corrected chi connectivity index (χ4v) is 3.21. The van der Waals surface area contributed by atoms with E-state index in [2.05, 4.69) is 17.4 Å². The van der Waals surface area contributed by atoms with Crippen molar-refractivity contribution in [3.63, 3.8) is 0 Å². The molecule has 1 atom stereocenters. The van der Waals surface area contributed by atoms with E-state index in [1.807, 2.05) is 26.0 Å². The molecule has 0 amide bonds. The van der Waals surface area contributed by atoms with Crippen LogP contribution < -0.4 is 10.1 Å². The molecule has 1 aliphatic heterocycles. The Morgan fingerprint density at radius 2 is 2.00 bits per heavy atom. The number of rotatable bonds is 4. The zero-order valence-electron chi connectivity index (χ0n) is 12.5. The van der Waals surface area contributed by atoms with E-state index in [4.69, 9.17) is 9.47 Å². The summed E-state index contributed by atoms with van der Waals surface area (Å²) in [4.78, 5) is 0. The molecule has 2 fully saturated rings. The molecule has 1 unspecified atom stereocenters. The van der Waals surface area contributed by atoms with Crippen molar-refractivity contribution < 1.29 is 9.47 Å². The molecule has 110 valence electrons. The maximum atomic E-state index is 5.97. The quantitative estimate of drug-likeness (QED) is 0.901. The van der Waals surface area contributed by atoms with Crippen LogP contribution in [0.2, 0.25) is 0 Å². The zero-order chi connectivity index (χ0) is 14.0. The van der Waals surface area contributed by atoms with Gasteiger partial charge in [0.1, 0.15) is 5.75 Å². The Morgan fingerprint density at radius 3 is 2.60 bits per heavy atom. The van der Waals surface area contributed by atoms with Gasteiger partial charge in [-0.25, -0.2) is 0 Å². The minimum Gasteiger partial charge on any atom is -0.491 e. The molecular formula is C17H25NO2. The Balaban J connectivity index is 1.57. The Morgan fingerprint density at radius 1 is 1.25 bits per heavy atom. The predicted molar refractivity (Wildman–Crippen MR) is 81.4 cm³/mol. The fraction of sp³-hybridized carbons (Fsp3) is 0.647. The Labute approximate surface area is 121 Å². The van der Waals surface area contributed by atoms with Crippen LogP contribution in [0.25, 0.3) is 0 Å². The highest BCUT2D eigenvalue weighted by Gasteiger charge is 2.42. The molecule has 1 aromatic carbocycles. The van der Waals surface area contributed by atoms with Crippen LogP contribution in [0.1, 0.15) is 46.0 Å². The molecule has 1 spiro atoms. The third-order valence-electron chi connectivity index (χ3n) is 4.35. The standard InChI is InChI=1S/C17H25NO2/c1-13(2)20-16-6-4-14(5-7-16)18-15-8-11-19-17(12-15)9-3-10-17/h4-7,13,15,18H,3,8-12H2,1-2H3. The van der Waals surface area contributed by atoms with Gasteiger partial charge in [-0.3, -0.25) is 0 Å². The highest BCUT2D eigenvalue weighted by molar-refractivity contribution is 5.47. The molecule has 2 aliphatic rings. The first-order valence-corrected chi connectivity index (χ1v) is 7.82. The minimum absolute atomic E-state index is 0.205. The van der Waals surface area contributed by atoms with Gasteiger partial charge in [0.15, 0.2) is 0 Å². The molecule has 3 rings (SSSR count). The van der Waals surface area contributed by atoms with E-state index in [-0.39, 0.29) is 11.7 Å². The summed E-state index contributed by atoms with van der Waals surface area (Å²) in [6, 6.07) is 8.85. The van der Waals surface area contributed by atoms with Crippen molar-refractivity contribution in [1.82, 2.24) is 0 Å². The van der Waals surface area contributed by atoms with Gasteiger partial charge in [0.25, 0.3) is 0 Å². The van der Waals surface area contributed by atoms with E-state index in [9.17, 15) is 0 Å². The van der Waals surface area contributed by atoms with Gasteiger partial charge in [0.2, 0.25) is 0 Å². The van der Waals surface area contributed by atoms with E-state index >= 15 is 0 Å². The molecule has 3 nitrogen and oxygen atoms in total. The summed E-state index contributed by atoms with van der Waals surface area (Å²) < 4.78 is 11.6. The van der Waals surface area contributed by atoms with Gasteiger partial charge < -0.3 is 14.8 Å². The van der Waals surface area contributed by atoms with Crippen molar-refractivity contribution in [3.8, 4) is 5.75 Å². The van der Waals surface area contributed by atoms with Gasteiger partial charge >= 0.3 is 0 Å². The molecular weight excluding hydrogens is 250 g/mol. The Bertz CT molecular complexity index is 437. The number of benzene rings is 1. The largest absolute Gasteiger partial charge is 0.491 e. The lowest BCUT2D eigenvalue weighted by Gasteiger charge is -2.47. The van der Waals surface area contributed by atoms with Gasteiger partial charge in [-0.2, -0.15) is 0 Å². The van der Waals surface area contributed by atoms with Crippen LogP contribution in [0.3, 0.4) is 0 Å². The molecule has 1 saturated heterocycles. The molecule has 0 radical (unpaired) electrons. The zero-order valence-corrected chi connectivity index (χ0v) is 12.5. The van der Waals surface area contributed by atoms with Crippen LogP contribution in [0.15, 0.2) is 24.3 Å². The van der Waals surface area contributed by atoms with Crippen LogP contribution in [0.4, 0.5) is 5.69 Å². The van der Waals surface area contributed by atoms with Crippen LogP contribution >= 0.6 is 0 Å². The van der Waals surface area contributed by atoms with Crippen molar-refractivity contribution in [3.05, 3.63) is 24.3 Å². The van der Waals surface area contributed by atoms with Crippen LogP contribution in [-0.4, -0.2) is 24.4 Å². The third kappa shape index (κ3) is 3.09. The van der Waals surface area contributed by atoms with Gasteiger partial charge in [-0.1, -0.05) is 0 Å². The van der Waals surface area contributed by atoms with Crippen molar-refractivity contribution in [1.29, 1.82) is 0 Å². The minimum atomic E-state index is 0.205. The molecule has 1 saturated carbocycles. The Kier molecular flexibility index (Phi) is 3.88. The molecule has 1 N–H and O–H groups in total.